The standard InChI is InChI=1S/C67H48N2/c1-67(2)61-41-45(39-57(47-19-7-3-8-20-47)49-33-37-65-59(43-49)55-27-15-17-29-63(55)68(65)51-23-11-5-12-24-51)31-35-53(61)54-36-32-46(42-62(54)67)40-58(48-21-9-4-10-22-48)50-34-38-66-60(44-50)56-28-16-18-30-64(56)69(66)52-25-13-6-14-26-52/h3-44H,1-2H3. The van der Waals surface area contributed by atoms with Crippen molar-refractivity contribution in [1.82, 2.24) is 9.13 Å². The number of nitrogens with zero attached hydrogens (tertiary/aromatic N) is 2. The van der Waals surface area contributed by atoms with Crippen LogP contribution in [0.1, 0.15) is 58.4 Å². The summed E-state index contributed by atoms with van der Waals surface area (Å²) in [5, 5.41) is 4.99. The fourth-order valence-electron chi connectivity index (χ4n) is 11.2. The minimum absolute atomic E-state index is 0.214. The molecule has 0 amide bonds. The van der Waals surface area contributed by atoms with Crippen molar-refractivity contribution in [2.75, 3.05) is 0 Å². The zero-order chi connectivity index (χ0) is 46.1. The van der Waals surface area contributed by atoms with Crippen LogP contribution >= 0.6 is 0 Å². The molecule has 1 aliphatic carbocycles. The van der Waals surface area contributed by atoms with Gasteiger partial charge in [-0.15, -0.1) is 0 Å². The summed E-state index contributed by atoms with van der Waals surface area (Å²) in [6.07, 6.45) is 4.78. The van der Waals surface area contributed by atoms with Gasteiger partial charge >= 0.3 is 0 Å². The summed E-state index contributed by atoms with van der Waals surface area (Å²) < 4.78 is 4.77. The van der Waals surface area contributed by atoms with E-state index in [4.69, 9.17) is 0 Å². The molecule has 69 heavy (non-hydrogen) atoms. The Morgan fingerprint density at radius 2 is 0.681 bits per heavy atom. The molecule has 2 nitrogen and oxygen atoms in total. The Morgan fingerprint density at radius 1 is 0.319 bits per heavy atom. The summed E-state index contributed by atoms with van der Waals surface area (Å²) >= 11 is 0. The number of rotatable bonds is 8. The van der Waals surface area contributed by atoms with E-state index >= 15 is 0 Å². The van der Waals surface area contributed by atoms with Crippen LogP contribution < -0.4 is 0 Å². The van der Waals surface area contributed by atoms with E-state index in [0.29, 0.717) is 0 Å². The molecule has 0 bridgehead atoms. The van der Waals surface area contributed by atoms with E-state index in [1.807, 2.05) is 0 Å². The van der Waals surface area contributed by atoms with Crippen LogP contribution in [-0.2, 0) is 5.41 Å². The second kappa shape index (κ2) is 16.3. The molecule has 0 N–H and O–H groups in total. The van der Waals surface area contributed by atoms with Gasteiger partial charge < -0.3 is 9.13 Å². The first-order chi connectivity index (χ1) is 34.0. The molecule has 0 fully saturated rings. The van der Waals surface area contributed by atoms with Gasteiger partial charge in [-0.2, -0.15) is 0 Å². The summed E-state index contributed by atoms with van der Waals surface area (Å²) in [7, 11) is 0. The third kappa shape index (κ3) is 6.79. The normalized spacial score (nSPS) is 13.4. The zero-order valence-corrected chi connectivity index (χ0v) is 38.6. The fraction of sp³-hybridized carbons (Fsp3) is 0.0448. The maximum Gasteiger partial charge on any atom is 0.0541 e. The Morgan fingerprint density at radius 3 is 1.10 bits per heavy atom. The summed E-state index contributed by atoms with van der Waals surface area (Å²) in [4.78, 5) is 0. The summed E-state index contributed by atoms with van der Waals surface area (Å²) in [6, 6.07) is 88.8. The van der Waals surface area contributed by atoms with Crippen molar-refractivity contribution < 1.29 is 0 Å². The van der Waals surface area contributed by atoms with Gasteiger partial charge in [-0.1, -0.05) is 196 Å². The van der Waals surface area contributed by atoms with Gasteiger partial charge in [0.2, 0.25) is 0 Å². The molecule has 0 saturated carbocycles. The van der Waals surface area contributed by atoms with Gasteiger partial charge in [0.05, 0.1) is 22.1 Å². The summed E-state index contributed by atoms with van der Waals surface area (Å²) in [5.41, 5.74) is 21.8. The molecule has 2 heterocycles. The monoisotopic (exact) mass is 880 g/mol. The van der Waals surface area contributed by atoms with Crippen molar-refractivity contribution in [3.63, 3.8) is 0 Å². The maximum absolute atomic E-state index is 2.43. The molecule has 2 aromatic heterocycles. The highest BCUT2D eigenvalue weighted by Gasteiger charge is 2.35. The molecule has 10 aromatic carbocycles. The molecule has 0 aliphatic heterocycles. The topological polar surface area (TPSA) is 9.86 Å². The lowest BCUT2D eigenvalue weighted by atomic mass is 9.81. The fourth-order valence-corrected chi connectivity index (χ4v) is 11.2. The van der Waals surface area contributed by atoms with Crippen molar-refractivity contribution in [3.8, 4) is 22.5 Å². The van der Waals surface area contributed by atoms with Crippen molar-refractivity contribution in [1.29, 1.82) is 0 Å². The Hall–Kier alpha value is -8.72. The predicted octanol–water partition coefficient (Wildman–Crippen LogP) is 17.4. The molecule has 0 atom stereocenters. The van der Waals surface area contributed by atoms with E-state index < -0.39 is 0 Å². The van der Waals surface area contributed by atoms with E-state index in [2.05, 4.69) is 278 Å². The quantitative estimate of drug-likeness (QED) is 0.135. The minimum atomic E-state index is -0.214. The third-order valence-electron chi connectivity index (χ3n) is 14.5. The van der Waals surface area contributed by atoms with Crippen LogP contribution in [0, 0.1) is 0 Å². The van der Waals surface area contributed by atoms with Crippen LogP contribution in [0.15, 0.2) is 243 Å². The van der Waals surface area contributed by atoms with Gasteiger partial charge in [0.15, 0.2) is 0 Å². The molecular formula is C67H48N2. The first-order valence-electron chi connectivity index (χ1n) is 24.0. The lowest BCUT2D eigenvalue weighted by Gasteiger charge is -2.22. The van der Waals surface area contributed by atoms with Crippen LogP contribution in [0.25, 0.3) is 89.4 Å². The third-order valence-corrected chi connectivity index (χ3v) is 14.5. The number of fused-ring (bicyclic) bond motifs is 9. The van der Waals surface area contributed by atoms with Crippen molar-refractivity contribution in [2.24, 2.45) is 0 Å². The van der Waals surface area contributed by atoms with Gasteiger partial charge in [-0.3, -0.25) is 0 Å². The van der Waals surface area contributed by atoms with Gasteiger partial charge in [0.25, 0.3) is 0 Å². The lowest BCUT2D eigenvalue weighted by molar-refractivity contribution is 0.660. The van der Waals surface area contributed by atoms with Crippen molar-refractivity contribution in [3.05, 3.63) is 287 Å². The van der Waals surface area contributed by atoms with Gasteiger partial charge in [0.1, 0.15) is 0 Å². The first-order valence-corrected chi connectivity index (χ1v) is 24.0. The molecule has 13 rings (SSSR count). The minimum Gasteiger partial charge on any atom is -0.309 e. The second-order valence-corrected chi connectivity index (χ2v) is 18.9. The van der Waals surface area contributed by atoms with Crippen LogP contribution in [0.3, 0.4) is 0 Å². The van der Waals surface area contributed by atoms with Crippen LogP contribution in [-0.4, -0.2) is 9.13 Å². The number of para-hydroxylation sites is 4. The van der Waals surface area contributed by atoms with Crippen LogP contribution in [0.4, 0.5) is 0 Å². The van der Waals surface area contributed by atoms with E-state index in [1.165, 1.54) is 122 Å². The molecule has 0 saturated heterocycles. The molecule has 12 aromatic rings. The molecule has 326 valence electrons. The molecule has 0 radical (unpaired) electrons. The SMILES string of the molecule is CC1(C)c2cc(C=C(c3ccccc3)c3ccc4c(c3)c3ccccc3n4-c3ccccc3)ccc2-c2ccc(C=C(c3ccccc3)c3ccc4c(c3)c3ccccc3n4-c3ccccc3)cc21. The molecule has 0 unspecified atom stereocenters. The van der Waals surface area contributed by atoms with E-state index in [9.17, 15) is 0 Å². The Kier molecular flexibility index (Phi) is 9.55. The van der Waals surface area contributed by atoms with Crippen molar-refractivity contribution in [2.45, 2.75) is 19.3 Å². The average molecular weight is 881 g/mol. The van der Waals surface area contributed by atoms with E-state index in [0.717, 1.165) is 0 Å². The summed E-state index contributed by atoms with van der Waals surface area (Å²) in [5.74, 6) is 0. The largest absolute Gasteiger partial charge is 0.309 e. The molecule has 2 heteroatoms. The van der Waals surface area contributed by atoms with Gasteiger partial charge in [-0.05, 0) is 140 Å². The lowest BCUT2D eigenvalue weighted by Crippen LogP contribution is -2.15. The summed E-state index contributed by atoms with van der Waals surface area (Å²) in [6.45, 7) is 4.78. The highest BCUT2D eigenvalue weighted by Crippen LogP contribution is 2.50. The number of hydrogen-bond acceptors (Lipinski definition) is 0. The highest BCUT2D eigenvalue weighted by atomic mass is 15.0. The number of benzene rings is 10. The van der Waals surface area contributed by atoms with Gasteiger partial charge in [-0.25, -0.2) is 0 Å². The highest BCUT2D eigenvalue weighted by molar-refractivity contribution is 6.12. The van der Waals surface area contributed by atoms with Crippen LogP contribution in [0.5, 0.6) is 0 Å². The zero-order valence-electron chi connectivity index (χ0n) is 38.6. The molecule has 1 aliphatic rings. The van der Waals surface area contributed by atoms with E-state index in [1.54, 1.807) is 0 Å². The van der Waals surface area contributed by atoms with E-state index in [-0.39, 0.29) is 5.41 Å². The second-order valence-electron chi connectivity index (χ2n) is 18.9. The average Bonchev–Trinajstić information content (AvgIpc) is 4.00. The van der Waals surface area contributed by atoms with Crippen LogP contribution in [0.2, 0.25) is 0 Å². The molecule has 0 spiro atoms. The number of hydrogen-bond donors (Lipinski definition) is 0. The Bertz CT molecular complexity index is 3740. The van der Waals surface area contributed by atoms with Crippen molar-refractivity contribution >= 4 is 66.9 Å². The Balaban J connectivity index is 0.898. The molecular weight excluding hydrogens is 833 g/mol. The van der Waals surface area contributed by atoms with Gasteiger partial charge in [0, 0.05) is 38.3 Å². The maximum atomic E-state index is 2.43. The number of aromatic nitrogens is 2. The smallest absolute Gasteiger partial charge is 0.0541 e. The Labute approximate surface area is 403 Å². The predicted molar refractivity (Wildman–Crippen MR) is 292 cm³/mol. The first kappa shape index (κ1) is 40.5.